The van der Waals surface area contributed by atoms with Gasteiger partial charge in [-0.05, 0) is 40.1 Å². The van der Waals surface area contributed by atoms with Crippen LogP contribution in [-0.4, -0.2) is 36.9 Å². The maximum Gasteiger partial charge on any atom is 0.339 e. The second-order valence-corrected chi connectivity index (χ2v) is 10.1. The second-order valence-electron chi connectivity index (χ2n) is 10.1. The van der Waals surface area contributed by atoms with E-state index in [4.69, 9.17) is 22.3 Å². The summed E-state index contributed by atoms with van der Waals surface area (Å²) in [4.78, 5) is 30.9. The monoisotopic (exact) mass is 535 g/mol. The van der Waals surface area contributed by atoms with Gasteiger partial charge in [0.15, 0.2) is 0 Å². The van der Waals surface area contributed by atoms with Gasteiger partial charge in [-0.1, -0.05) is 56.3 Å². The molecule has 0 aliphatic rings. The van der Waals surface area contributed by atoms with Gasteiger partial charge in [-0.25, -0.2) is 9.78 Å². The fourth-order valence-electron chi connectivity index (χ4n) is 4.94. The summed E-state index contributed by atoms with van der Waals surface area (Å²) in [5.41, 5.74) is 14.0. The first-order valence-corrected chi connectivity index (χ1v) is 12.7. The Morgan fingerprint density at radius 1 is 0.925 bits per heavy atom. The molecule has 202 valence electrons. The van der Waals surface area contributed by atoms with Gasteiger partial charge in [-0.3, -0.25) is 15.6 Å². The molecule has 10 heteroatoms. The van der Waals surface area contributed by atoms with Gasteiger partial charge < -0.3 is 25.7 Å². The van der Waals surface area contributed by atoms with Crippen molar-refractivity contribution < 1.29 is 9.90 Å². The van der Waals surface area contributed by atoms with Crippen LogP contribution in [0.15, 0.2) is 71.7 Å². The molecule has 5 aromatic rings. The number of nitrogen functional groups attached to an aromatic ring is 2. The highest BCUT2D eigenvalue weighted by molar-refractivity contribution is 6.01. The molecular formula is C30H29N7O3. The van der Waals surface area contributed by atoms with Crippen LogP contribution in [0, 0.1) is 10.8 Å². The van der Waals surface area contributed by atoms with Crippen molar-refractivity contribution in [2.24, 2.45) is 11.5 Å². The lowest BCUT2D eigenvalue weighted by Gasteiger charge is -2.14. The van der Waals surface area contributed by atoms with Crippen LogP contribution in [0.4, 0.5) is 0 Å². The molecule has 2 aromatic heterocycles. The number of imidazole rings is 1. The molecule has 10 nitrogen and oxygen atoms in total. The number of carboxylic acid groups (broad SMARTS) is 1. The Labute approximate surface area is 229 Å². The molecule has 0 aliphatic carbocycles. The van der Waals surface area contributed by atoms with E-state index in [1.165, 1.54) is 10.8 Å². The molecule has 40 heavy (non-hydrogen) atoms. The number of nitrogens with two attached hydrogens (primary N) is 2. The molecule has 0 unspecified atom stereocenters. The standard InChI is InChI=1S/C30H29N7O3/c1-16(2)28-35-24-23(30(39)40)15-36(13-18-6-7-19-8-9-21(27(33)34)12-22(19)11-18)29(38)25(24)37(28)14-17-4-3-5-20(10-17)26(31)32/h3-12,15-16H,13-14H2,1-2H3,(H3,31,32)(H3,33,34)(H,39,40). The number of aromatic carboxylic acids is 1. The van der Waals surface area contributed by atoms with Crippen LogP contribution in [0.5, 0.6) is 0 Å². The summed E-state index contributed by atoms with van der Waals surface area (Å²) in [5, 5.41) is 27.4. The molecule has 2 heterocycles. The van der Waals surface area contributed by atoms with Gasteiger partial charge in [0.05, 0.1) is 6.54 Å². The number of carbonyl (C=O) groups is 1. The van der Waals surface area contributed by atoms with Crippen LogP contribution in [0.1, 0.15) is 58.2 Å². The summed E-state index contributed by atoms with van der Waals surface area (Å²) >= 11 is 0. The van der Waals surface area contributed by atoms with Crippen molar-refractivity contribution in [2.45, 2.75) is 32.9 Å². The Morgan fingerprint density at radius 3 is 2.27 bits per heavy atom. The molecule has 0 atom stereocenters. The zero-order valence-corrected chi connectivity index (χ0v) is 22.1. The van der Waals surface area contributed by atoms with Crippen LogP contribution >= 0.6 is 0 Å². The van der Waals surface area contributed by atoms with E-state index in [1.54, 1.807) is 28.8 Å². The SMILES string of the molecule is CC(C)c1nc2c(C(=O)O)cn(Cc3ccc4ccc(C(=N)N)cc4c3)c(=O)c2n1Cc1cccc(C(=N)N)c1. The van der Waals surface area contributed by atoms with Gasteiger partial charge in [0.25, 0.3) is 5.56 Å². The summed E-state index contributed by atoms with van der Waals surface area (Å²) in [6, 6.07) is 18.4. The quantitative estimate of drug-likeness (QED) is 0.149. The third kappa shape index (κ3) is 4.82. The molecule has 0 aliphatic heterocycles. The maximum absolute atomic E-state index is 13.9. The smallest absolute Gasteiger partial charge is 0.339 e. The van der Waals surface area contributed by atoms with Crippen molar-refractivity contribution in [3.63, 3.8) is 0 Å². The van der Waals surface area contributed by atoms with Gasteiger partial charge >= 0.3 is 5.97 Å². The molecule has 0 saturated heterocycles. The lowest BCUT2D eigenvalue weighted by Crippen LogP contribution is -2.25. The van der Waals surface area contributed by atoms with Crippen molar-refractivity contribution in [3.05, 3.63) is 111 Å². The maximum atomic E-state index is 13.9. The van der Waals surface area contributed by atoms with E-state index < -0.39 is 5.97 Å². The minimum absolute atomic E-state index is 0.0388. The average molecular weight is 536 g/mol. The van der Waals surface area contributed by atoms with Gasteiger partial charge in [0.2, 0.25) is 0 Å². The number of nitrogens with one attached hydrogen (secondary N) is 2. The molecule has 0 amide bonds. The predicted molar refractivity (Wildman–Crippen MR) is 156 cm³/mol. The zero-order chi connectivity index (χ0) is 28.7. The van der Waals surface area contributed by atoms with E-state index in [0.29, 0.717) is 17.0 Å². The van der Waals surface area contributed by atoms with Crippen LogP contribution < -0.4 is 17.0 Å². The molecule has 0 bridgehead atoms. The van der Waals surface area contributed by atoms with E-state index in [2.05, 4.69) is 4.98 Å². The number of amidine groups is 2. The largest absolute Gasteiger partial charge is 0.478 e. The third-order valence-electron chi connectivity index (χ3n) is 6.89. The normalized spacial score (nSPS) is 11.4. The predicted octanol–water partition coefficient (Wildman–Crippen LogP) is 3.84. The Bertz CT molecular complexity index is 1900. The Morgan fingerprint density at radius 2 is 1.60 bits per heavy atom. The first-order chi connectivity index (χ1) is 19.0. The van der Waals surface area contributed by atoms with Crippen LogP contribution in [0.3, 0.4) is 0 Å². The van der Waals surface area contributed by atoms with Crippen molar-refractivity contribution in [1.82, 2.24) is 14.1 Å². The summed E-state index contributed by atoms with van der Waals surface area (Å²) in [6.07, 6.45) is 1.35. The van der Waals surface area contributed by atoms with Gasteiger partial charge in [-0.2, -0.15) is 0 Å². The number of hydrogen-bond acceptors (Lipinski definition) is 5. The lowest BCUT2D eigenvalue weighted by atomic mass is 10.0. The summed E-state index contributed by atoms with van der Waals surface area (Å²) in [6.45, 7) is 4.27. The van der Waals surface area contributed by atoms with E-state index in [0.717, 1.165) is 21.9 Å². The minimum Gasteiger partial charge on any atom is -0.478 e. The van der Waals surface area contributed by atoms with Crippen LogP contribution in [-0.2, 0) is 13.1 Å². The van der Waals surface area contributed by atoms with Gasteiger partial charge in [0.1, 0.15) is 34.1 Å². The minimum atomic E-state index is -1.18. The molecule has 0 spiro atoms. The molecule has 5 rings (SSSR count). The molecular weight excluding hydrogens is 506 g/mol. The zero-order valence-electron chi connectivity index (χ0n) is 22.1. The average Bonchev–Trinajstić information content (AvgIpc) is 3.29. The fourth-order valence-corrected chi connectivity index (χ4v) is 4.94. The molecule has 0 fully saturated rings. The number of pyridine rings is 1. The van der Waals surface area contributed by atoms with Crippen LogP contribution in [0.2, 0.25) is 0 Å². The van der Waals surface area contributed by atoms with E-state index in [1.807, 2.05) is 50.2 Å². The number of fused-ring (bicyclic) bond motifs is 2. The highest BCUT2D eigenvalue weighted by atomic mass is 16.4. The van der Waals surface area contributed by atoms with Crippen molar-refractivity contribution in [1.29, 1.82) is 10.8 Å². The molecule has 7 N–H and O–H groups in total. The second kappa shape index (κ2) is 10.1. The van der Waals surface area contributed by atoms with Crippen molar-refractivity contribution in [2.75, 3.05) is 0 Å². The van der Waals surface area contributed by atoms with Crippen LogP contribution in [0.25, 0.3) is 21.8 Å². The first-order valence-electron chi connectivity index (χ1n) is 12.7. The molecule has 0 saturated carbocycles. The molecule has 0 radical (unpaired) electrons. The fraction of sp³-hybridized carbons (Fsp3) is 0.167. The van der Waals surface area contributed by atoms with E-state index >= 15 is 0 Å². The Hall–Kier alpha value is -5.25. The summed E-state index contributed by atoms with van der Waals surface area (Å²) < 4.78 is 3.17. The number of nitrogens with zero attached hydrogens (tertiary/aromatic N) is 3. The third-order valence-corrected chi connectivity index (χ3v) is 6.89. The van der Waals surface area contributed by atoms with Gasteiger partial charge in [0, 0.05) is 29.8 Å². The Kier molecular flexibility index (Phi) is 6.68. The molecule has 3 aromatic carbocycles. The highest BCUT2D eigenvalue weighted by Gasteiger charge is 2.24. The summed E-state index contributed by atoms with van der Waals surface area (Å²) in [7, 11) is 0. The topological polar surface area (TPSA) is 177 Å². The first kappa shape index (κ1) is 26.4. The number of benzene rings is 3. The van der Waals surface area contributed by atoms with Gasteiger partial charge in [-0.15, -0.1) is 0 Å². The number of aromatic nitrogens is 3. The van der Waals surface area contributed by atoms with Crippen molar-refractivity contribution >= 4 is 39.4 Å². The Balaban J connectivity index is 1.68. The number of carboxylic acids is 1. The number of hydrogen-bond donors (Lipinski definition) is 5. The number of rotatable bonds is 8. The lowest BCUT2D eigenvalue weighted by molar-refractivity contribution is 0.0698. The van der Waals surface area contributed by atoms with Crippen molar-refractivity contribution in [3.8, 4) is 0 Å². The highest BCUT2D eigenvalue weighted by Crippen LogP contribution is 2.25. The summed E-state index contributed by atoms with van der Waals surface area (Å²) in [5.74, 6) is -0.787. The van der Waals surface area contributed by atoms with E-state index in [9.17, 15) is 14.7 Å². The van der Waals surface area contributed by atoms with E-state index in [-0.39, 0.29) is 52.8 Å².